The number of rotatable bonds is 5. The zero-order valence-corrected chi connectivity index (χ0v) is 12.0. The van der Waals surface area contributed by atoms with Gasteiger partial charge in [0, 0.05) is 0 Å². The number of esters is 1. The van der Waals surface area contributed by atoms with Gasteiger partial charge in [-0.05, 0) is 37.1 Å². The lowest BCUT2D eigenvalue weighted by Crippen LogP contribution is -2.24. The third kappa shape index (κ3) is 4.05. The van der Waals surface area contributed by atoms with E-state index in [1.165, 1.54) is 5.56 Å². The molecule has 0 aromatic heterocycles. The van der Waals surface area contributed by atoms with Crippen molar-refractivity contribution in [3.8, 4) is 16.9 Å². The number of benzene rings is 2. The molecule has 4 heteroatoms. The van der Waals surface area contributed by atoms with Crippen LogP contribution in [0.25, 0.3) is 11.1 Å². The van der Waals surface area contributed by atoms with E-state index in [2.05, 4.69) is 4.74 Å². The SMILES string of the molecule is CCOC(=O)C(F)Oc1ccc(-c2ccc(C)cc2)cc1. The van der Waals surface area contributed by atoms with E-state index in [0.29, 0.717) is 0 Å². The van der Waals surface area contributed by atoms with Crippen molar-refractivity contribution in [2.24, 2.45) is 0 Å². The van der Waals surface area contributed by atoms with Gasteiger partial charge in [-0.25, -0.2) is 4.79 Å². The third-order valence-corrected chi connectivity index (χ3v) is 2.95. The second-order valence-corrected chi connectivity index (χ2v) is 4.58. The molecule has 2 aromatic rings. The molecule has 21 heavy (non-hydrogen) atoms. The first-order valence-corrected chi connectivity index (χ1v) is 6.74. The van der Waals surface area contributed by atoms with Gasteiger partial charge in [-0.2, -0.15) is 4.39 Å². The van der Waals surface area contributed by atoms with Gasteiger partial charge in [-0.1, -0.05) is 42.0 Å². The lowest BCUT2D eigenvalue weighted by molar-refractivity contribution is -0.159. The van der Waals surface area contributed by atoms with Crippen LogP contribution in [0.2, 0.25) is 0 Å². The smallest absolute Gasteiger partial charge is 0.381 e. The van der Waals surface area contributed by atoms with E-state index < -0.39 is 12.3 Å². The van der Waals surface area contributed by atoms with Crippen LogP contribution in [0.3, 0.4) is 0 Å². The second kappa shape index (κ2) is 6.88. The highest BCUT2D eigenvalue weighted by Gasteiger charge is 2.20. The van der Waals surface area contributed by atoms with E-state index in [9.17, 15) is 9.18 Å². The van der Waals surface area contributed by atoms with E-state index in [0.717, 1.165) is 11.1 Å². The molecule has 0 saturated heterocycles. The lowest BCUT2D eigenvalue weighted by atomic mass is 10.0. The van der Waals surface area contributed by atoms with E-state index in [1.54, 1.807) is 19.1 Å². The van der Waals surface area contributed by atoms with Gasteiger partial charge >= 0.3 is 12.3 Å². The Morgan fingerprint density at radius 3 is 2.10 bits per heavy atom. The van der Waals surface area contributed by atoms with Gasteiger partial charge < -0.3 is 9.47 Å². The molecular formula is C17H17FO3. The summed E-state index contributed by atoms with van der Waals surface area (Å²) < 4.78 is 22.9. The summed E-state index contributed by atoms with van der Waals surface area (Å²) in [5.41, 5.74) is 3.25. The first kappa shape index (κ1) is 15.0. The number of hydrogen-bond acceptors (Lipinski definition) is 3. The predicted octanol–water partition coefficient (Wildman–Crippen LogP) is 3.90. The summed E-state index contributed by atoms with van der Waals surface area (Å²) >= 11 is 0. The van der Waals surface area contributed by atoms with Crippen molar-refractivity contribution in [2.45, 2.75) is 20.2 Å². The summed E-state index contributed by atoms with van der Waals surface area (Å²) in [5.74, 6) is -0.730. The largest absolute Gasteiger partial charge is 0.461 e. The van der Waals surface area contributed by atoms with Crippen molar-refractivity contribution >= 4 is 5.97 Å². The van der Waals surface area contributed by atoms with Crippen molar-refractivity contribution < 1.29 is 18.7 Å². The van der Waals surface area contributed by atoms with Gasteiger partial charge in [0.2, 0.25) is 0 Å². The Balaban J connectivity index is 2.05. The van der Waals surface area contributed by atoms with Gasteiger partial charge in [0.1, 0.15) is 5.75 Å². The molecule has 0 bridgehead atoms. The molecule has 3 nitrogen and oxygen atoms in total. The minimum atomic E-state index is -2.10. The normalized spacial score (nSPS) is 11.8. The van der Waals surface area contributed by atoms with Crippen molar-refractivity contribution in [1.82, 2.24) is 0 Å². The third-order valence-electron chi connectivity index (χ3n) is 2.95. The summed E-state index contributed by atoms with van der Waals surface area (Å²) in [6.07, 6.45) is -2.10. The molecule has 0 heterocycles. The average Bonchev–Trinajstić information content (AvgIpc) is 2.49. The first-order chi connectivity index (χ1) is 10.1. The summed E-state index contributed by atoms with van der Waals surface area (Å²) in [6.45, 7) is 3.76. The van der Waals surface area contributed by atoms with Crippen LogP contribution in [0, 0.1) is 6.92 Å². The van der Waals surface area contributed by atoms with Gasteiger partial charge in [-0.15, -0.1) is 0 Å². The van der Waals surface area contributed by atoms with E-state index in [1.807, 2.05) is 43.3 Å². The number of carbonyl (C=O) groups excluding carboxylic acids is 1. The Morgan fingerprint density at radius 1 is 1.05 bits per heavy atom. The summed E-state index contributed by atoms with van der Waals surface area (Å²) in [6, 6.07) is 15.0. The number of halogens is 1. The van der Waals surface area contributed by atoms with Crippen molar-refractivity contribution in [1.29, 1.82) is 0 Å². The molecule has 0 amide bonds. The standard InChI is InChI=1S/C17H17FO3/c1-3-20-17(19)16(18)21-15-10-8-14(9-11-15)13-6-4-12(2)5-7-13/h4-11,16H,3H2,1-2H3. The molecule has 1 unspecified atom stereocenters. The zero-order chi connectivity index (χ0) is 15.2. The second-order valence-electron chi connectivity index (χ2n) is 4.58. The molecule has 0 aliphatic rings. The van der Waals surface area contributed by atoms with Gasteiger partial charge in [0.05, 0.1) is 6.61 Å². The molecule has 2 rings (SSSR count). The fraction of sp³-hybridized carbons (Fsp3) is 0.235. The fourth-order valence-corrected chi connectivity index (χ4v) is 1.85. The maximum Gasteiger partial charge on any atom is 0.381 e. The molecule has 1 atom stereocenters. The molecule has 0 N–H and O–H groups in total. The first-order valence-electron chi connectivity index (χ1n) is 6.74. The van der Waals surface area contributed by atoms with Gasteiger partial charge in [0.25, 0.3) is 0 Å². The predicted molar refractivity (Wildman–Crippen MR) is 78.8 cm³/mol. The Kier molecular flexibility index (Phi) is 4.93. The molecule has 0 aliphatic heterocycles. The molecule has 0 fully saturated rings. The number of ether oxygens (including phenoxy) is 2. The lowest BCUT2D eigenvalue weighted by Gasteiger charge is -2.11. The number of alkyl halides is 1. The summed E-state index contributed by atoms with van der Waals surface area (Å²) in [5, 5.41) is 0. The minimum Gasteiger partial charge on any atom is -0.461 e. The zero-order valence-electron chi connectivity index (χ0n) is 12.0. The Morgan fingerprint density at radius 2 is 1.57 bits per heavy atom. The number of hydrogen-bond donors (Lipinski definition) is 0. The van der Waals surface area contributed by atoms with Crippen LogP contribution in [0.5, 0.6) is 5.75 Å². The molecule has 0 radical (unpaired) electrons. The fourth-order valence-electron chi connectivity index (χ4n) is 1.85. The van der Waals surface area contributed by atoms with Crippen LogP contribution in [-0.4, -0.2) is 18.9 Å². The van der Waals surface area contributed by atoms with Crippen LogP contribution in [0.15, 0.2) is 48.5 Å². The average molecular weight is 288 g/mol. The van der Waals surface area contributed by atoms with Crippen LogP contribution in [-0.2, 0) is 9.53 Å². The van der Waals surface area contributed by atoms with Crippen LogP contribution < -0.4 is 4.74 Å². The highest BCUT2D eigenvalue weighted by molar-refractivity contribution is 5.73. The Labute approximate surface area is 123 Å². The van der Waals surface area contributed by atoms with Crippen LogP contribution >= 0.6 is 0 Å². The topological polar surface area (TPSA) is 35.5 Å². The van der Waals surface area contributed by atoms with E-state index in [-0.39, 0.29) is 12.4 Å². The molecule has 0 spiro atoms. The molecule has 110 valence electrons. The maximum absolute atomic E-state index is 13.4. The maximum atomic E-state index is 13.4. The number of aryl methyl sites for hydroxylation is 1. The van der Waals surface area contributed by atoms with E-state index >= 15 is 0 Å². The monoisotopic (exact) mass is 288 g/mol. The Bertz CT molecular complexity index is 590. The highest BCUT2D eigenvalue weighted by atomic mass is 19.1. The minimum absolute atomic E-state index is 0.120. The van der Waals surface area contributed by atoms with Gasteiger partial charge in [-0.3, -0.25) is 0 Å². The number of carbonyl (C=O) groups is 1. The van der Waals surface area contributed by atoms with Crippen molar-refractivity contribution in [3.63, 3.8) is 0 Å². The quantitative estimate of drug-likeness (QED) is 0.783. The van der Waals surface area contributed by atoms with Crippen LogP contribution in [0.4, 0.5) is 4.39 Å². The summed E-state index contributed by atoms with van der Waals surface area (Å²) in [4.78, 5) is 11.1. The molecule has 0 saturated carbocycles. The highest BCUT2D eigenvalue weighted by Crippen LogP contribution is 2.23. The van der Waals surface area contributed by atoms with Gasteiger partial charge in [0.15, 0.2) is 0 Å². The molecule has 0 aliphatic carbocycles. The van der Waals surface area contributed by atoms with Crippen LogP contribution in [0.1, 0.15) is 12.5 Å². The van der Waals surface area contributed by atoms with Crippen molar-refractivity contribution in [3.05, 3.63) is 54.1 Å². The summed E-state index contributed by atoms with van der Waals surface area (Å²) in [7, 11) is 0. The molecule has 2 aromatic carbocycles. The van der Waals surface area contributed by atoms with Crippen molar-refractivity contribution in [2.75, 3.05) is 6.61 Å². The van der Waals surface area contributed by atoms with E-state index in [4.69, 9.17) is 4.74 Å². The molecular weight excluding hydrogens is 271 g/mol. The Hall–Kier alpha value is -2.36.